The van der Waals surface area contributed by atoms with Crippen LogP contribution in [0.25, 0.3) is 10.9 Å². The maximum atomic E-state index is 12.8. The van der Waals surface area contributed by atoms with Gasteiger partial charge >= 0.3 is 0 Å². The summed E-state index contributed by atoms with van der Waals surface area (Å²) >= 11 is 0. The Labute approximate surface area is 156 Å². The van der Waals surface area contributed by atoms with Crippen molar-refractivity contribution in [2.45, 2.75) is 26.4 Å². The summed E-state index contributed by atoms with van der Waals surface area (Å²) in [5.41, 5.74) is 1.64. The maximum absolute atomic E-state index is 12.8. The normalized spacial score (nSPS) is 11.0. The minimum atomic E-state index is -0.521. The van der Waals surface area contributed by atoms with E-state index in [0.717, 1.165) is 16.5 Å². The molecule has 7 heteroatoms. The summed E-state index contributed by atoms with van der Waals surface area (Å²) in [6.45, 7) is 3.95. The number of hydrogen-bond acceptors (Lipinski definition) is 3. The van der Waals surface area contributed by atoms with E-state index in [2.05, 4.69) is 15.6 Å². The molecule has 0 bridgehead atoms. The molecule has 0 atom stereocenters. The zero-order chi connectivity index (χ0) is 19.6. The zero-order valence-corrected chi connectivity index (χ0v) is 15.5. The topological polar surface area (TPSA) is 96.0 Å². The van der Waals surface area contributed by atoms with Crippen LogP contribution in [-0.2, 0) is 6.54 Å². The first kappa shape index (κ1) is 18.4. The fourth-order valence-corrected chi connectivity index (χ4v) is 2.99. The van der Waals surface area contributed by atoms with Crippen LogP contribution in [0.3, 0.4) is 0 Å². The zero-order valence-electron chi connectivity index (χ0n) is 15.5. The number of carbonyl (C=O) groups excluding carboxylic acids is 2. The molecule has 0 spiro atoms. The van der Waals surface area contributed by atoms with Crippen molar-refractivity contribution in [1.29, 1.82) is 0 Å². The molecule has 2 aromatic heterocycles. The van der Waals surface area contributed by atoms with E-state index in [9.17, 15) is 14.4 Å². The summed E-state index contributed by atoms with van der Waals surface area (Å²) in [5.74, 6) is -0.850. The molecule has 2 heterocycles. The molecule has 0 aliphatic heterocycles. The highest BCUT2D eigenvalue weighted by molar-refractivity contribution is 5.99. The third kappa shape index (κ3) is 3.76. The van der Waals surface area contributed by atoms with Crippen LogP contribution < -0.4 is 16.2 Å². The Morgan fingerprint density at radius 3 is 2.67 bits per heavy atom. The Balaban J connectivity index is 2.10. The lowest BCUT2D eigenvalue weighted by Crippen LogP contribution is -2.35. The third-order valence-corrected chi connectivity index (χ3v) is 4.27. The van der Waals surface area contributed by atoms with Gasteiger partial charge in [0, 0.05) is 36.4 Å². The number of nitrogens with zero attached hydrogens (tertiary/aromatic N) is 1. The molecule has 0 aliphatic carbocycles. The first-order valence-electron chi connectivity index (χ1n) is 8.73. The van der Waals surface area contributed by atoms with E-state index in [1.54, 1.807) is 0 Å². The van der Waals surface area contributed by atoms with Gasteiger partial charge in [0.05, 0.1) is 12.1 Å². The molecule has 2 amide bonds. The van der Waals surface area contributed by atoms with Crippen LogP contribution in [0.5, 0.6) is 0 Å². The molecule has 1 aromatic carbocycles. The van der Waals surface area contributed by atoms with E-state index in [1.165, 1.54) is 23.9 Å². The lowest BCUT2D eigenvalue weighted by molar-refractivity contribution is 0.0942. The van der Waals surface area contributed by atoms with Crippen LogP contribution in [0.1, 0.15) is 40.1 Å². The van der Waals surface area contributed by atoms with Gasteiger partial charge in [0.15, 0.2) is 0 Å². The Kier molecular flexibility index (Phi) is 5.12. The molecule has 3 N–H and O–H groups in total. The monoisotopic (exact) mass is 366 g/mol. The molecule has 3 rings (SSSR count). The van der Waals surface area contributed by atoms with Crippen LogP contribution in [0, 0.1) is 0 Å². The quantitative estimate of drug-likeness (QED) is 0.643. The molecule has 0 fully saturated rings. The van der Waals surface area contributed by atoms with Gasteiger partial charge in [-0.15, -0.1) is 0 Å². The Bertz CT molecular complexity index is 1060. The second-order valence-electron chi connectivity index (χ2n) is 6.64. The van der Waals surface area contributed by atoms with Gasteiger partial charge in [0.1, 0.15) is 5.56 Å². The Hall–Kier alpha value is -3.35. The van der Waals surface area contributed by atoms with Crippen molar-refractivity contribution in [3.05, 3.63) is 69.8 Å². The molecule has 0 saturated heterocycles. The number of amides is 2. The summed E-state index contributed by atoms with van der Waals surface area (Å²) < 4.78 is 1.40. The fraction of sp³-hybridized carbons (Fsp3) is 0.250. The number of nitrogens with one attached hydrogen (secondary N) is 3. The van der Waals surface area contributed by atoms with Crippen molar-refractivity contribution in [3.63, 3.8) is 0 Å². The Morgan fingerprint density at radius 1 is 1.19 bits per heavy atom. The van der Waals surface area contributed by atoms with E-state index >= 15 is 0 Å². The molecule has 0 aliphatic rings. The lowest BCUT2D eigenvalue weighted by atomic mass is 10.1. The molecule has 0 saturated carbocycles. The van der Waals surface area contributed by atoms with Gasteiger partial charge in [0.2, 0.25) is 0 Å². The van der Waals surface area contributed by atoms with E-state index in [-0.39, 0.29) is 29.6 Å². The SMILES string of the molecule is CNC(=O)c1cc(C(=O)NC(C)C)cn(Cc2cccc3[nH]ccc23)c1=O. The Morgan fingerprint density at radius 2 is 1.96 bits per heavy atom. The number of fused-ring (bicyclic) bond motifs is 1. The van der Waals surface area contributed by atoms with Crippen LogP contribution >= 0.6 is 0 Å². The largest absolute Gasteiger partial charge is 0.361 e. The van der Waals surface area contributed by atoms with Crippen molar-refractivity contribution in [3.8, 4) is 0 Å². The number of H-pyrrole nitrogens is 1. The number of aromatic amines is 1. The molecule has 0 unspecified atom stereocenters. The van der Waals surface area contributed by atoms with Crippen molar-refractivity contribution in [2.24, 2.45) is 0 Å². The molecule has 27 heavy (non-hydrogen) atoms. The average Bonchev–Trinajstić information content (AvgIpc) is 3.11. The summed E-state index contributed by atoms with van der Waals surface area (Å²) in [6.07, 6.45) is 3.33. The number of pyridine rings is 1. The molecule has 3 aromatic rings. The van der Waals surface area contributed by atoms with Crippen LogP contribution in [-0.4, -0.2) is 34.5 Å². The van der Waals surface area contributed by atoms with Gasteiger partial charge < -0.3 is 20.2 Å². The molecular formula is C20H22N4O3. The third-order valence-electron chi connectivity index (χ3n) is 4.27. The summed E-state index contributed by atoms with van der Waals surface area (Å²) in [7, 11) is 1.45. The second kappa shape index (κ2) is 7.49. The predicted molar refractivity (Wildman–Crippen MR) is 104 cm³/mol. The number of rotatable bonds is 5. The van der Waals surface area contributed by atoms with E-state index in [0.29, 0.717) is 0 Å². The number of hydrogen-bond donors (Lipinski definition) is 3. The number of benzene rings is 1. The predicted octanol–water partition coefficient (Wildman–Crippen LogP) is 1.88. The highest BCUT2D eigenvalue weighted by Crippen LogP contribution is 2.18. The highest BCUT2D eigenvalue weighted by atomic mass is 16.2. The summed E-state index contributed by atoms with van der Waals surface area (Å²) in [4.78, 5) is 40.5. The van der Waals surface area contributed by atoms with Crippen molar-refractivity contribution < 1.29 is 9.59 Å². The van der Waals surface area contributed by atoms with Gasteiger partial charge in [-0.05, 0) is 37.6 Å². The smallest absolute Gasteiger partial charge is 0.263 e. The molecular weight excluding hydrogens is 344 g/mol. The minimum Gasteiger partial charge on any atom is -0.361 e. The van der Waals surface area contributed by atoms with E-state index < -0.39 is 11.5 Å². The average molecular weight is 366 g/mol. The maximum Gasteiger partial charge on any atom is 0.263 e. The van der Waals surface area contributed by atoms with Crippen molar-refractivity contribution in [1.82, 2.24) is 20.2 Å². The van der Waals surface area contributed by atoms with Gasteiger partial charge in [0.25, 0.3) is 17.4 Å². The van der Waals surface area contributed by atoms with E-state index in [4.69, 9.17) is 0 Å². The summed E-state index contributed by atoms with van der Waals surface area (Å²) in [5, 5.41) is 6.23. The van der Waals surface area contributed by atoms with Crippen LogP contribution in [0.15, 0.2) is 47.5 Å². The first-order valence-corrected chi connectivity index (χ1v) is 8.73. The van der Waals surface area contributed by atoms with Crippen molar-refractivity contribution >= 4 is 22.7 Å². The first-order chi connectivity index (χ1) is 12.9. The lowest BCUT2D eigenvalue weighted by Gasteiger charge is -2.13. The van der Waals surface area contributed by atoms with Gasteiger partial charge in [-0.25, -0.2) is 0 Å². The highest BCUT2D eigenvalue weighted by Gasteiger charge is 2.17. The van der Waals surface area contributed by atoms with Crippen molar-refractivity contribution in [2.75, 3.05) is 7.05 Å². The fourth-order valence-electron chi connectivity index (χ4n) is 2.99. The molecule has 7 nitrogen and oxygen atoms in total. The summed E-state index contributed by atoms with van der Waals surface area (Å²) in [6, 6.07) is 8.98. The van der Waals surface area contributed by atoms with Gasteiger partial charge in [-0.2, -0.15) is 0 Å². The van der Waals surface area contributed by atoms with Gasteiger partial charge in [-0.1, -0.05) is 12.1 Å². The molecule has 0 radical (unpaired) electrons. The van der Waals surface area contributed by atoms with Crippen LogP contribution in [0.2, 0.25) is 0 Å². The number of carbonyl (C=O) groups is 2. The van der Waals surface area contributed by atoms with Gasteiger partial charge in [-0.3, -0.25) is 14.4 Å². The molecule has 140 valence electrons. The minimum absolute atomic E-state index is 0.0600. The van der Waals surface area contributed by atoms with E-state index in [1.807, 2.05) is 44.3 Å². The number of aromatic nitrogens is 2. The second-order valence-corrected chi connectivity index (χ2v) is 6.64. The van der Waals surface area contributed by atoms with Crippen LogP contribution in [0.4, 0.5) is 0 Å². The standard InChI is InChI=1S/C20H22N4O3/c1-12(2)23-18(25)14-9-16(19(26)21-3)20(27)24(11-14)10-13-5-4-6-17-15(13)7-8-22-17/h4-9,11-12,22H,10H2,1-3H3,(H,21,26)(H,23,25).